The quantitative estimate of drug-likeness (QED) is 0.507. The minimum atomic E-state index is -0.241. The average Bonchev–Trinajstić information content (AvgIpc) is 3.14. The van der Waals surface area contributed by atoms with Gasteiger partial charge in [-0.2, -0.15) is 0 Å². The van der Waals surface area contributed by atoms with Crippen molar-refractivity contribution in [1.29, 1.82) is 0 Å². The lowest BCUT2D eigenvalue weighted by Crippen LogP contribution is -2.57. The Bertz CT molecular complexity index is 797. The molecule has 0 saturated heterocycles. The molecule has 1 unspecified atom stereocenters. The molecule has 5 heteroatoms. The van der Waals surface area contributed by atoms with Crippen LogP contribution < -0.4 is 0 Å². The Balaban J connectivity index is 1.65. The molecule has 2 saturated carbocycles. The van der Waals surface area contributed by atoms with Crippen molar-refractivity contribution in [2.45, 2.75) is 72.3 Å². The first kappa shape index (κ1) is 18.9. The molecule has 3 aliphatic carbocycles. The lowest BCUT2D eigenvalue weighted by Gasteiger charge is -2.61. The van der Waals surface area contributed by atoms with Crippen molar-refractivity contribution in [1.82, 2.24) is 9.55 Å². The molecule has 0 spiro atoms. The van der Waals surface area contributed by atoms with Crippen LogP contribution in [-0.2, 0) is 9.53 Å². The van der Waals surface area contributed by atoms with Crippen LogP contribution in [0.3, 0.4) is 0 Å². The number of hydrogen-bond donors (Lipinski definition) is 0. The van der Waals surface area contributed by atoms with Gasteiger partial charge in [-0.25, -0.2) is 4.98 Å². The van der Waals surface area contributed by atoms with Gasteiger partial charge in [-0.3, -0.25) is 9.36 Å². The summed E-state index contributed by atoms with van der Waals surface area (Å²) in [7, 11) is 0. The van der Waals surface area contributed by atoms with Crippen molar-refractivity contribution in [2.75, 3.05) is 0 Å². The Kier molecular flexibility index (Phi) is 4.37. The standard InChI is InChI=1S/C22H30N2O2S/c1-20(2)15-8-10-22(4)16(21(15,3)11-9-17(20)25)6-5-7-18(22)26-19(27)24-13-12-23-14-24/h6,12-15,18H,5,7-11H2,1-4H3/t15-,18?,21-,22+/m0/s1. The zero-order valence-corrected chi connectivity index (χ0v) is 17.6. The third-order valence-corrected chi connectivity index (χ3v) is 8.17. The van der Waals surface area contributed by atoms with Crippen molar-refractivity contribution < 1.29 is 9.53 Å². The van der Waals surface area contributed by atoms with Crippen LogP contribution in [0.25, 0.3) is 0 Å². The largest absolute Gasteiger partial charge is 0.466 e. The van der Waals surface area contributed by atoms with Crippen molar-refractivity contribution in [2.24, 2.45) is 22.2 Å². The van der Waals surface area contributed by atoms with Crippen LogP contribution in [0.4, 0.5) is 0 Å². The molecule has 0 bridgehead atoms. The third-order valence-electron chi connectivity index (χ3n) is 7.86. The Morgan fingerprint density at radius 2 is 2.00 bits per heavy atom. The van der Waals surface area contributed by atoms with E-state index in [1.54, 1.807) is 17.1 Å². The number of fused-ring (bicyclic) bond motifs is 3. The molecule has 146 valence electrons. The summed E-state index contributed by atoms with van der Waals surface area (Å²) >= 11 is 5.53. The molecule has 0 radical (unpaired) electrons. The van der Waals surface area contributed by atoms with Crippen molar-refractivity contribution in [3.05, 3.63) is 30.4 Å². The Morgan fingerprint density at radius 1 is 1.22 bits per heavy atom. The average molecular weight is 387 g/mol. The molecular weight excluding hydrogens is 356 g/mol. The van der Waals surface area contributed by atoms with Gasteiger partial charge in [-0.1, -0.05) is 39.3 Å². The van der Waals surface area contributed by atoms with Crippen LogP contribution >= 0.6 is 12.2 Å². The summed E-state index contributed by atoms with van der Waals surface area (Å²) in [5.74, 6) is 0.837. The van der Waals surface area contributed by atoms with Crippen LogP contribution in [0, 0.1) is 22.2 Å². The number of thiocarbonyl (C=S) groups is 1. The van der Waals surface area contributed by atoms with E-state index in [2.05, 4.69) is 38.8 Å². The number of Topliss-reactive ketones (excluding diaryl/α,β-unsaturated/α-hetero) is 1. The summed E-state index contributed by atoms with van der Waals surface area (Å²) in [6.45, 7) is 9.06. The molecule has 0 aromatic carbocycles. The van der Waals surface area contributed by atoms with Gasteiger partial charge in [0.2, 0.25) is 0 Å². The highest BCUT2D eigenvalue weighted by Gasteiger charge is 2.60. The normalized spacial score (nSPS) is 37.8. The van der Waals surface area contributed by atoms with Crippen LogP contribution in [0.2, 0.25) is 0 Å². The van der Waals surface area contributed by atoms with E-state index in [9.17, 15) is 4.79 Å². The highest BCUT2D eigenvalue weighted by atomic mass is 32.1. The van der Waals surface area contributed by atoms with Gasteiger partial charge in [0.05, 0.1) is 0 Å². The SMILES string of the molecule is CC1(C)C(=O)CC[C@]2(C)C3=CCCC(OC(=S)n4ccnc4)[C@]3(C)CC[C@@H]12. The van der Waals surface area contributed by atoms with Gasteiger partial charge in [0.1, 0.15) is 18.2 Å². The van der Waals surface area contributed by atoms with Crippen LogP contribution in [0.5, 0.6) is 0 Å². The monoisotopic (exact) mass is 386 g/mol. The highest BCUT2D eigenvalue weighted by molar-refractivity contribution is 7.80. The Hall–Kier alpha value is -1.49. The first-order valence-corrected chi connectivity index (χ1v) is 10.5. The Morgan fingerprint density at radius 3 is 2.70 bits per heavy atom. The predicted octanol–water partition coefficient (Wildman–Crippen LogP) is 4.93. The van der Waals surface area contributed by atoms with Gasteiger partial charge >= 0.3 is 0 Å². The molecule has 1 aromatic heterocycles. The van der Waals surface area contributed by atoms with E-state index < -0.39 is 0 Å². The van der Waals surface area contributed by atoms with E-state index in [-0.39, 0.29) is 22.3 Å². The summed E-state index contributed by atoms with van der Waals surface area (Å²) in [5, 5.41) is 0.478. The molecule has 27 heavy (non-hydrogen) atoms. The van der Waals surface area contributed by atoms with E-state index in [0.29, 0.717) is 23.3 Å². The second-order valence-corrected chi connectivity index (χ2v) is 9.96. The number of nitrogens with zero attached hydrogens (tertiary/aromatic N) is 2. The predicted molar refractivity (Wildman–Crippen MR) is 109 cm³/mol. The maximum Gasteiger partial charge on any atom is 0.269 e. The zero-order valence-electron chi connectivity index (χ0n) is 16.8. The molecule has 2 fully saturated rings. The smallest absolute Gasteiger partial charge is 0.269 e. The minimum absolute atomic E-state index is 0.0232. The summed E-state index contributed by atoms with van der Waals surface area (Å²) in [4.78, 5) is 16.7. The maximum atomic E-state index is 12.6. The van der Waals surface area contributed by atoms with Crippen molar-refractivity contribution in [3.8, 4) is 0 Å². The second kappa shape index (κ2) is 6.26. The molecule has 1 heterocycles. The van der Waals surface area contributed by atoms with E-state index in [1.807, 2.05) is 6.20 Å². The highest BCUT2D eigenvalue weighted by Crippen LogP contribution is 2.65. The van der Waals surface area contributed by atoms with E-state index in [1.165, 1.54) is 5.57 Å². The molecule has 4 nitrogen and oxygen atoms in total. The molecule has 0 amide bonds. The molecular formula is C22H30N2O2S. The molecule has 0 aliphatic heterocycles. The number of ketones is 1. The van der Waals surface area contributed by atoms with Gasteiger partial charge in [0.25, 0.3) is 5.17 Å². The number of aromatic nitrogens is 2. The fourth-order valence-electron chi connectivity index (χ4n) is 6.33. The second-order valence-electron chi connectivity index (χ2n) is 9.61. The molecule has 1 aromatic rings. The summed E-state index contributed by atoms with van der Waals surface area (Å²) in [5.41, 5.74) is 1.32. The van der Waals surface area contributed by atoms with Crippen LogP contribution in [0.1, 0.15) is 66.2 Å². The van der Waals surface area contributed by atoms with Crippen molar-refractivity contribution in [3.63, 3.8) is 0 Å². The fourth-order valence-corrected chi connectivity index (χ4v) is 6.55. The number of allylic oxidation sites excluding steroid dienone is 1. The van der Waals surface area contributed by atoms with Gasteiger partial charge < -0.3 is 4.74 Å². The number of rotatable bonds is 1. The van der Waals surface area contributed by atoms with E-state index >= 15 is 0 Å². The van der Waals surface area contributed by atoms with Crippen LogP contribution in [0.15, 0.2) is 30.4 Å². The maximum absolute atomic E-state index is 12.6. The van der Waals surface area contributed by atoms with Crippen molar-refractivity contribution >= 4 is 23.2 Å². The molecule has 4 rings (SSSR count). The Labute approximate surface area is 167 Å². The zero-order chi connectivity index (χ0) is 19.4. The lowest BCUT2D eigenvalue weighted by atomic mass is 9.43. The van der Waals surface area contributed by atoms with E-state index in [4.69, 9.17) is 17.0 Å². The summed E-state index contributed by atoms with van der Waals surface area (Å²) in [6.07, 6.45) is 13.5. The fraction of sp³-hybridized carbons (Fsp3) is 0.682. The molecule has 0 N–H and O–H groups in total. The lowest BCUT2D eigenvalue weighted by molar-refractivity contribution is -0.143. The number of hydrogen-bond acceptors (Lipinski definition) is 4. The molecule has 3 aliphatic rings. The summed E-state index contributed by atoms with van der Waals surface area (Å²) < 4.78 is 8.12. The van der Waals surface area contributed by atoms with Gasteiger partial charge in [-0.15, -0.1) is 0 Å². The first-order chi connectivity index (χ1) is 12.7. The van der Waals surface area contributed by atoms with Crippen LogP contribution in [-0.4, -0.2) is 26.6 Å². The minimum Gasteiger partial charge on any atom is -0.466 e. The summed E-state index contributed by atoms with van der Waals surface area (Å²) in [6, 6.07) is 0. The number of carbonyl (C=O) groups excluding carboxylic acids is 1. The number of ether oxygens (including phenoxy) is 1. The van der Waals surface area contributed by atoms with E-state index in [0.717, 1.165) is 32.1 Å². The number of carbonyl (C=O) groups is 1. The first-order valence-electron chi connectivity index (χ1n) is 10.1. The van der Waals surface area contributed by atoms with Gasteiger partial charge in [-0.05, 0) is 55.7 Å². The van der Waals surface area contributed by atoms with Gasteiger partial charge in [0, 0.05) is 29.6 Å². The topological polar surface area (TPSA) is 44.1 Å². The van der Waals surface area contributed by atoms with Gasteiger partial charge in [0.15, 0.2) is 0 Å². The third kappa shape index (κ3) is 2.72. The molecule has 4 atom stereocenters. The number of imidazole rings is 1.